The lowest BCUT2D eigenvalue weighted by Gasteiger charge is -2.05. The molecule has 11 heavy (non-hydrogen) atoms. The number of hydrogen-bond acceptors (Lipinski definition) is 2. The van der Waals surface area contributed by atoms with Crippen LogP contribution in [0.3, 0.4) is 0 Å². The van der Waals surface area contributed by atoms with Crippen LogP contribution in [0.1, 0.15) is 5.69 Å². The summed E-state index contributed by atoms with van der Waals surface area (Å²) in [5, 5.41) is 8.67. The van der Waals surface area contributed by atoms with Crippen LogP contribution in [0.25, 0.3) is 0 Å². The number of rotatable bonds is 4. The fourth-order valence-corrected chi connectivity index (χ4v) is 1.05. The summed E-state index contributed by atoms with van der Waals surface area (Å²) in [6.45, 7) is 1.42. The molecular weight excluding hydrogens is 142 g/mol. The van der Waals surface area contributed by atoms with E-state index in [1.54, 1.807) is 7.11 Å². The lowest BCUT2D eigenvalue weighted by Crippen LogP contribution is -2.05. The van der Waals surface area contributed by atoms with Gasteiger partial charge in [0.1, 0.15) is 0 Å². The van der Waals surface area contributed by atoms with Crippen molar-refractivity contribution in [3.05, 3.63) is 24.0 Å². The van der Waals surface area contributed by atoms with Crippen molar-refractivity contribution in [3.8, 4) is 0 Å². The first-order valence-electron chi connectivity index (χ1n) is 3.62. The van der Waals surface area contributed by atoms with Gasteiger partial charge in [-0.05, 0) is 12.1 Å². The number of hydrogen-bond donors (Lipinski definition) is 1. The zero-order valence-electron chi connectivity index (χ0n) is 6.66. The Kier molecular flexibility index (Phi) is 3.14. The number of aromatic nitrogens is 1. The molecular formula is C8H13NO2. The molecule has 1 N–H and O–H groups in total. The molecule has 0 aliphatic heterocycles. The smallest absolute Gasteiger partial charge is 0.0863 e. The van der Waals surface area contributed by atoms with E-state index in [0.717, 1.165) is 5.69 Å². The Balaban J connectivity index is 2.62. The van der Waals surface area contributed by atoms with E-state index >= 15 is 0 Å². The van der Waals surface area contributed by atoms with Crippen molar-refractivity contribution in [2.45, 2.75) is 13.2 Å². The van der Waals surface area contributed by atoms with Crippen LogP contribution in [-0.2, 0) is 17.9 Å². The first kappa shape index (κ1) is 8.30. The monoisotopic (exact) mass is 155 g/mol. The van der Waals surface area contributed by atoms with E-state index in [-0.39, 0.29) is 6.61 Å². The highest BCUT2D eigenvalue weighted by Crippen LogP contribution is 2.02. The second-order valence-corrected chi connectivity index (χ2v) is 2.35. The summed E-state index contributed by atoms with van der Waals surface area (Å²) in [5.41, 5.74) is 1.10. The molecule has 0 aliphatic carbocycles. The Hall–Kier alpha value is -0.800. The third kappa shape index (κ3) is 2.06. The van der Waals surface area contributed by atoms with E-state index in [4.69, 9.17) is 9.84 Å². The fraction of sp³-hybridized carbons (Fsp3) is 0.500. The van der Waals surface area contributed by atoms with Crippen LogP contribution in [-0.4, -0.2) is 23.4 Å². The Morgan fingerprint density at radius 3 is 3.09 bits per heavy atom. The molecule has 0 bridgehead atoms. The largest absolute Gasteiger partial charge is 0.395 e. The maximum Gasteiger partial charge on any atom is 0.0863 e. The Labute approximate surface area is 66.2 Å². The molecule has 1 heterocycles. The third-order valence-corrected chi connectivity index (χ3v) is 1.56. The molecule has 1 aromatic heterocycles. The summed E-state index contributed by atoms with van der Waals surface area (Å²) >= 11 is 0. The lowest BCUT2D eigenvalue weighted by atomic mass is 10.4. The summed E-state index contributed by atoms with van der Waals surface area (Å²) in [4.78, 5) is 0. The van der Waals surface area contributed by atoms with Crippen molar-refractivity contribution in [3.63, 3.8) is 0 Å². The van der Waals surface area contributed by atoms with Crippen LogP contribution in [0, 0.1) is 0 Å². The van der Waals surface area contributed by atoms with Crippen LogP contribution in [0.5, 0.6) is 0 Å². The topological polar surface area (TPSA) is 34.4 Å². The lowest BCUT2D eigenvalue weighted by molar-refractivity contribution is 0.175. The van der Waals surface area contributed by atoms with Gasteiger partial charge in [0.25, 0.3) is 0 Å². The van der Waals surface area contributed by atoms with Crippen molar-refractivity contribution in [2.75, 3.05) is 13.7 Å². The van der Waals surface area contributed by atoms with Gasteiger partial charge in [0.2, 0.25) is 0 Å². The summed E-state index contributed by atoms with van der Waals surface area (Å²) < 4.78 is 6.95. The summed E-state index contributed by atoms with van der Waals surface area (Å²) in [5.74, 6) is 0. The van der Waals surface area contributed by atoms with E-state index in [9.17, 15) is 0 Å². The maximum atomic E-state index is 8.67. The van der Waals surface area contributed by atoms with Crippen LogP contribution >= 0.6 is 0 Å². The zero-order valence-corrected chi connectivity index (χ0v) is 6.66. The molecule has 0 aromatic carbocycles. The third-order valence-electron chi connectivity index (χ3n) is 1.56. The van der Waals surface area contributed by atoms with E-state index in [1.807, 2.05) is 22.9 Å². The molecule has 62 valence electrons. The first-order valence-corrected chi connectivity index (χ1v) is 3.62. The highest BCUT2D eigenvalue weighted by Gasteiger charge is 1.97. The molecule has 1 rings (SSSR count). The molecule has 0 saturated carbocycles. The molecule has 0 aliphatic rings. The number of ether oxygens (including phenoxy) is 1. The molecule has 3 nitrogen and oxygen atoms in total. The van der Waals surface area contributed by atoms with Gasteiger partial charge < -0.3 is 14.4 Å². The van der Waals surface area contributed by atoms with E-state index in [0.29, 0.717) is 13.2 Å². The van der Waals surface area contributed by atoms with Crippen LogP contribution in [0.4, 0.5) is 0 Å². The van der Waals surface area contributed by atoms with Gasteiger partial charge >= 0.3 is 0 Å². The van der Waals surface area contributed by atoms with Gasteiger partial charge in [0.15, 0.2) is 0 Å². The number of aliphatic hydroxyl groups excluding tert-OH is 1. The summed E-state index contributed by atoms with van der Waals surface area (Å²) in [6.07, 6.45) is 1.94. The summed E-state index contributed by atoms with van der Waals surface area (Å²) in [7, 11) is 1.66. The minimum atomic E-state index is 0.172. The molecule has 3 heteroatoms. The minimum absolute atomic E-state index is 0.172. The molecule has 0 radical (unpaired) electrons. The molecule has 1 aromatic rings. The minimum Gasteiger partial charge on any atom is -0.395 e. The number of nitrogens with zero attached hydrogens (tertiary/aromatic N) is 1. The van der Waals surface area contributed by atoms with Gasteiger partial charge in [-0.25, -0.2) is 0 Å². The van der Waals surface area contributed by atoms with Crippen LogP contribution in [0.2, 0.25) is 0 Å². The van der Waals surface area contributed by atoms with E-state index in [1.165, 1.54) is 0 Å². The zero-order chi connectivity index (χ0) is 8.10. The van der Waals surface area contributed by atoms with Crippen LogP contribution < -0.4 is 0 Å². The number of aliphatic hydroxyl groups is 1. The van der Waals surface area contributed by atoms with Crippen molar-refractivity contribution < 1.29 is 9.84 Å². The average molecular weight is 155 g/mol. The fourth-order valence-electron chi connectivity index (χ4n) is 1.05. The first-order chi connectivity index (χ1) is 5.38. The quantitative estimate of drug-likeness (QED) is 0.692. The maximum absolute atomic E-state index is 8.67. The van der Waals surface area contributed by atoms with Gasteiger partial charge in [-0.1, -0.05) is 0 Å². The predicted octanol–water partition coefficient (Wildman–Crippen LogP) is 0.627. The second-order valence-electron chi connectivity index (χ2n) is 2.35. The normalized spacial score (nSPS) is 10.4. The molecule has 0 spiro atoms. The van der Waals surface area contributed by atoms with E-state index in [2.05, 4.69) is 0 Å². The Morgan fingerprint density at radius 1 is 1.64 bits per heavy atom. The van der Waals surface area contributed by atoms with Gasteiger partial charge in [0, 0.05) is 25.5 Å². The van der Waals surface area contributed by atoms with E-state index < -0.39 is 0 Å². The Bertz CT molecular complexity index is 187. The van der Waals surface area contributed by atoms with Gasteiger partial charge in [-0.3, -0.25) is 0 Å². The molecule has 0 fully saturated rings. The van der Waals surface area contributed by atoms with Gasteiger partial charge in [-0.15, -0.1) is 0 Å². The molecule has 0 atom stereocenters. The Morgan fingerprint density at radius 2 is 2.45 bits per heavy atom. The van der Waals surface area contributed by atoms with Gasteiger partial charge in [0.05, 0.1) is 13.2 Å². The van der Waals surface area contributed by atoms with Gasteiger partial charge in [-0.2, -0.15) is 0 Å². The van der Waals surface area contributed by atoms with Crippen molar-refractivity contribution in [1.82, 2.24) is 4.57 Å². The summed E-state index contributed by atoms with van der Waals surface area (Å²) in [6, 6.07) is 3.93. The van der Waals surface area contributed by atoms with Crippen molar-refractivity contribution >= 4 is 0 Å². The SMILES string of the molecule is COCc1cccn1CCO. The molecule has 0 amide bonds. The van der Waals surface area contributed by atoms with Crippen molar-refractivity contribution in [1.29, 1.82) is 0 Å². The second kappa shape index (κ2) is 4.16. The average Bonchev–Trinajstić information content (AvgIpc) is 2.39. The standard InChI is InChI=1S/C8H13NO2/c1-11-7-8-3-2-4-9(8)5-6-10/h2-4,10H,5-7H2,1H3. The molecule has 0 saturated heterocycles. The predicted molar refractivity (Wildman–Crippen MR) is 42.2 cm³/mol. The van der Waals surface area contributed by atoms with Crippen LogP contribution in [0.15, 0.2) is 18.3 Å². The number of methoxy groups -OCH3 is 1. The highest BCUT2D eigenvalue weighted by molar-refractivity contribution is 5.05. The highest BCUT2D eigenvalue weighted by atomic mass is 16.5. The van der Waals surface area contributed by atoms with Crippen molar-refractivity contribution in [2.24, 2.45) is 0 Å². The molecule has 0 unspecified atom stereocenters.